The molecule has 0 N–H and O–H groups in total. The van der Waals surface area contributed by atoms with Gasteiger partial charge < -0.3 is 18.3 Å². The number of rotatable bonds is 7. The van der Waals surface area contributed by atoms with E-state index in [1.54, 1.807) is 0 Å². The Kier molecular flexibility index (Phi) is 9.60. The molecular weight excluding hydrogens is 1010 g/mol. The van der Waals surface area contributed by atoms with Crippen LogP contribution in [0.3, 0.4) is 0 Å². The van der Waals surface area contributed by atoms with Gasteiger partial charge in [-0.2, -0.15) is 9.97 Å². The van der Waals surface area contributed by atoms with Crippen molar-refractivity contribution in [1.82, 2.24) is 42.8 Å². The van der Waals surface area contributed by atoms with E-state index >= 15 is 0 Å². The van der Waals surface area contributed by atoms with Crippen LogP contribution in [0.15, 0.2) is 273 Å². The number of benzene rings is 11. The molecule has 0 saturated heterocycles. The molecule has 83 heavy (non-hydrogen) atoms. The van der Waals surface area contributed by atoms with Gasteiger partial charge in [0, 0.05) is 93.9 Å². The average Bonchev–Trinajstić information content (AvgIpc) is 3.92. The highest BCUT2D eigenvalue weighted by molar-refractivity contribution is 6.14. The summed E-state index contributed by atoms with van der Waals surface area (Å²) in [5, 5.41) is 11.8. The number of hydrogen-bond acceptors (Lipinski definition) is 4. The molecule has 7 heterocycles. The molecule has 9 heteroatoms. The Morgan fingerprint density at radius 1 is 0.217 bits per heavy atom. The number of hydrogen-bond donors (Lipinski definition) is 0. The fourth-order valence-electron chi connectivity index (χ4n) is 13.4. The number of nitrogens with zero attached hydrogens (tertiary/aromatic N) is 9. The molecule has 0 bridgehead atoms. The lowest BCUT2D eigenvalue weighted by Crippen LogP contribution is -2.07. The van der Waals surface area contributed by atoms with Crippen LogP contribution in [0.2, 0.25) is 0 Å². The fourth-order valence-corrected chi connectivity index (χ4v) is 13.4. The van der Waals surface area contributed by atoms with Crippen molar-refractivity contribution < 1.29 is 0 Å². The molecule has 386 valence electrons. The highest BCUT2D eigenvalue weighted by atomic mass is 15.2. The normalized spacial score (nSPS) is 12.1. The van der Waals surface area contributed by atoms with Crippen molar-refractivity contribution in [2.45, 2.75) is 0 Å². The second-order valence-electron chi connectivity index (χ2n) is 21.5. The van der Waals surface area contributed by atoms with Gasteiger partial charge in [0.2, 0.25) is 5.95 Å². The van der Waals surface area contributed by atoms with Gasteiger partial charge in [-0.3, -0.25) is 4.57 Å². The molecule has 0 fully saturated rings. The summed E-state index contributed by atoms with van der Waals surface area (Å²) in [6.07, 6.45) is 1.83. The average molecular weight is 1060 g/mol. The van der Waals surface area contributed by atoms with Crippen molar-refractivity contribution in [3.8, 4) is 51.5 Å². The molecule has 0 aliphatic heterocycles. The standard InChI is InChI=1S/C74H45N9/c1-8-24-62-52(16-1)53-17-2-9-25-63(53)81(62)50-39-41-69-60(44-50)57-21-6-12-28-66(57)79(69)48-35-31-46(32-36-48)71-76-72(78-74(77-71)83-68-30-14-5-20-56(68)59-23-15-43-75-73(59)83)47-33-37-49(38-34-47)80-67-29-13-7-22-58(67)61-45-51(40-42-70(61)80)82-64-26-10-3-18-54(64)55-19-4-11-27-65(55)82/h1-45H. The highest BCUT2D eigenvalue weighted by Crippen LogP contribution is 2.40. The van der Waals surface area contributed by atoms with Crippen molar-refractivity contribution in [3.05, 3.63) is 273 Å². The van der Waals surface area contributed by atoms with Gasteiger partial charge in [0.15, 0.2) is 11.6 Å². The zero-order valence-corrected chi connectivity index (χ0v) is 44.5. The summed E-state index contributed by atoms with van der Waals surface area (Å²) < 4.78 is 11.6. The summed E-state index contributed by atoms with van der Waals surface area (Å²) in [4.78, 5) is 20.9. The predicted molar refractivity (Wildman–Crippen MR) is 340 cm³/mol. The summed E-state index contributed by atoms with van der Waals surface area (Å²) in [7, 11) is 0. The van der Waals surface area contributed by atoms with Gasteiger partial charge in [0.25, 0.3) is 0 Å². The lowest BCUT2D eigenvalue weighted by atomic mass is 10.1. The Labute approximate surface area is 474 Å². The summed E-state index contributed by atoms with van der Waals surface area (Å²) in [5.74, 6) is 1.61. The summed E-state index contributed by atoms with van der Waals surface area (Å²) >= 11 is 0. The Morgan fingerprint density at radius 3 is 0.892 bits per heavy atom. The Hall–Kier alpha value is -11.4. The number of fused-ring (bicyclic) bond motifs is 15. The van der Waals surface area contributed by atoms with Gasteiger partial charge >= 0.3 is 0 Å². The molecule has 0 saturated carbocycles. The summed E-state index contributed by atoms with van der Waals surface area (Å²) in [6, 6.07) is 95.6. The highest BCUT2D eigenvalue weighted by Gasteiger charge is 2.22. The van der Waals surface area contributed by atoms with E-state index in [0.29, 0.717) is 17.6 Å². The van der Waals surface area contributed by atoms with Crippen LogP contribution in [0.5, 0.6) is 0 Å². The number of pyridine rings is 1. The molecule has 0 amide bonds. The second-order valence-corrected chi connectivity index (χ2v) is 21.5. The molecule has 0 unspecified atom stereocenters. The number of para-hydroxylation sites is 7. The largest absolute Gasteiger partial charge is 0.309 e. The first-order valence-corrected chi connectivity index (χ1v) is 28.0. The van der Waals surface area contributed by atoms with E-state index < -0.39 is 0 Å². The number of aromatic nitrogens is 9. The van der Waals surface area contributed by atoms with E-state index in [-0.39, 0.29) is 0 Å². The second kappa shape index (κ2) is 17.5. The quantitative estimate of drug-likeness (QED) is 0.159. The minimum absolute atomic E-state index is 0.492. The molecule has 9 nitrogen and oxygen atoms in total. The maximum absolute atomic E-state index is 5.31. The van der Waals surface area contributed by atoms with Gasteiger partial charge in [0.1, 0.15) is 5.65 Å². The van der Waals surface area contributed by atoms with Crippen molar-refractivity contribution >= 4 is 109 Å². The van der Waals surface area contributed by atoms with Gasteiger partial charge in [-0.25, -0.2) is 9.97 Å². The minimum atomic E-state index is 0.492. The maximum atomic E-state index is 5.31. The monoisotopic (exact) mass is 1060 g/mol. The van der Waals surface area contributed by atoms with Crippen LogP contribution in [0.4, 0.5) is 0 Å². The van der Waals surface area contributed by atoms with Crippen LogP contribution >= 0.6 is 0 Å². The third-order valence-corrected chi connectivity index (χ3v) is 17.0. The van der Waals surface area contributed by atoms with Crippen molar-refractivity contribution in [2.24, 2.45) is 0 Å². The molecule has 18 rings (SSSR count). The maximum Gasteiger partial charge on any atom is 0.240 e. The lowest BCUT2D eigenvalue weighted by molar-refractivity contribution is 0.944. The fraction of sp³-hybridized carbons (Fsp3) is 0. The van der Waals surface area contributed by atoms with E-state index in [9.17, 15) is 0 Å². The molecule has 7 aromatic heterocycles. The molecule has 0 spiro atoms. The first kappa shape index (κ1) is 45.4. The zero-order chi connectivity index (χ0) is 54.3. The summed E-state index contributed by atoms with van der Waals surface area (Å²) in [5.41, 5.74) is 17.1. The van der Waals surface area contributed by atoms with E-state index in [4.69, 9.17) is 19.9 Å². The predicted octanol–water partition coefficient (Wildman–Crippen LogP) is 18.1. The molecule has 0 aliphatic carbocycles. The Bertz CT molecular complexity index is 5240. The van der Waals surface area contributed by atoms with Crippen molar-refractivity contribution in [2.75, 3.05) is 0 Å². The van der Waals surface area contributed by atoms with Crippen LogP contribution in [0.1, 0.15) is 0 Å². The first-order chi connectivity index (χ1) is 41.2. The van der Waals surface area contributed by atoms with Gasteiger partial charge in [-0.15, -0.1) is 0 Å². The Morgan fingerprint density at radius 2 is 0.506 bits per heavy atom. The Balaban J connectivity index is 0.761. The van der Waals surface area contributed by atoms with E-state index in [1.807, 2.05) is 12.3 Å². The van der Waals surface area contributed by atoms with Crippen LogP contribution < -0.4 is 0 Å². The van der Waals surface area contributed by atoms with Gasteiger partial charge in [-0.05, 0) is 140 Å². The van der Waals surface area contributed by atoms with Crippen LogP contribution in [-0.4, -0.2) is 42.8 Å². The van der Waals surface area contributed by atoms with E-state index in [1.165, 1.54) is 65.2 Å². The third kappa shape index (κ3) is 6.70. The molecular formula is C74H45N9. The van der Waals surface area contributed by atoms with Crippen molar-refractivity contribution in [1.29, 1.82) is 0 Å². The van der Waals surface area contributed by atoms with Crippen LogP contribution in [0, 0.1) is 0 Å². The molecule has 0 radical (unpaired) electrons. The van der Waals surface area contributed by atoms with Crippen LogP contribution in [0.25, 0.3) is 161 Å². The zero-order valence-electron chi connectivity index (χ0n) is 44.5. The van der Waals surface area contributed by atoms with E-state index in [2.05, 4.69) is 284 Å². The summed E-state index contributed by atoms with van der Waals surface area (Å²) in [6.45, 7) is 0. The minimum Gasteiger partial charge on any atom is -0.309 e. The molecule has 18 aromatic rings. The molecule has 11 aromatic carbocycles. The third-order valence-electron chi connectivity index (χ3n) is 17.0. The first-order valence-electron chi connectivity index (χ1n) is 28.0. The SMILES string of the molecule is c1ccc2c(c1)c1ccccc1n2-c1ccc2c(c1)c1ccccc1n2-c1ccc(-c2nc(-c3ccc(-n4c5ccccc5c5cc(-n6c7ccccc7c7ccccc76)ccc54)cc3)nc(-n3c4ccccc4c4cccnc43)n2)cc1. The van der Waals surface area contributed by atoms with Gasteiger partial charge in [0.05, 0.1) is 49.7 Å². The van der Waals surface area contributed by atoms with E-state index in [0.717, 1.165) is 77.9 Å². The molecule has 0 aliphatic rings. The molecule has 0 atom stereocenters. The lowest BCUT2D eigenvalue weighted by Gasteiger charge is -2.13. The smallest absolute Gasteiger partial charge is 0.240 e. The van der Waals surface area contributed by atoms with Gasteiger partial charge in [-0.1, -0.05) is 127 Å². The topological polar surface area (TPSA) is 76.2 Å². The van der Waals surface area contributed by atoms with Crippen molar-refractivity contribution in [3.63, 3.8) is 0 Å². The van der Waals surface area contributed by atoms with Crippen LogP contribution in [-0.2, 0) is 0 Å².